The molecule has 0 fully saturated rings. The summed E-state index contributed by atoms with van der Waals surface area (Å²) in [6.45, 7) is 0. The maximum Gasteiger partial charge on any atom is 0.0665 e. The molecule has 3 aromatic rings. The van der Waals surface area contributed by atoms with Gasteiger partial charge >= 0.3 is 0 Å². The average molecular weight is 260 g/mol. The summed E-state index contributed by atoms with van der Waals surface area (Å²) in [5, 5.41) is 0. The summed E-state index contributed by atoms with van der Waals surface area (Å²) in [5.74, 6) is 0. The van der Waals surface area contributed by atoms with E-state index in [2.05, 4.69) is 58.5 Å². The van der Waals surface area contributed by atoms with E-state index in [-0.39, 0.29) is 0 Å². The number of rotatable bonds is 4. The Kier molecular flexibility index (Phi) is 3.83. The van der Waals surface area contributed by atoms with Crippen LogP contribution in [0, 0.1) is 0 Å². The van der Waals surface area contributed by atoms with E-state index in [0.717, 1.165) is 24.2 Å². The third-order valence-electron chi connectivity index (χ3n) is 3.29. The van der Waals surface area contributed by atoms with Gasteiger partial charge in [-0.15, -0.1) is 0 Å². The Bertz CT molecular complexity index is 603. The van der Waals surface area contributed by atoms with E-state index in [1.165, 1.54) is 11.1 Å². The fourth-order valence-electron chi connectivity index (χ4n) is 2.27. The molecule has 0 radical (unpaired) electrons. The van der Waals surface area contributed by atoms with Crippen LogP contribution in [0.3, 0.4) is 0 Å². The Balaban J connectivity index is 1.85. The van der Waals surface area contributed by atoms with Crippen molar-refractivity contribution in [2.75, 3.05) is 0 Å². The van der Waals surface area contributed by atoms with Gasteiger partial charge in [0.15, 0.2) is 0 Å². The molecule has 20 heavy (non-hydrogen) atoms. The molecule has 2 heteroatoms. The Labute approximate surface area is 119 Å². The maximum absolute atomic E-state index is 4.51. The van der Waals surface area contributed by atoms with Crippen molar-refractivity contribution >= 4 is 0 Å². The average Bonchev–Trinajstić information content (AvgIpc) is 2.51. The second kappa shape index (κ2) is 6.11. The van der Waals surface area contributed by atoms with Gasteiger partial charge in [0.05, 0.1) is 11.4 Å². The standard InChI is InChI=1S/C18H16N2/c1-3-7-15(8-4-1)13-17-18(20-12-11-19-17)14-16-9-5-2-6-10-16/h1-12H,13-14H2. The van der Waals surface area contributed by atoms with Crippen LogP contribution in [0.1, 0.15) is 22.5 Å². The number of hydrogen-bond acceptors (Lipinski definition) is 2. The van der Waals surface area contributed by atoms with Crippen molar-refractivity contribution in [3.63, 3.8) is 0 Å². The number of hydrogen-bond donors (Lipinski definition) is 0. The van der Waals surface area contributed by atoms with Gasteiger partial charge in [-0.05, 0) is 11.1 Å². The van der Waals surface area contributed by atoms with Crippen molar-refractivity contribution in [3.05, 3.63) is 95.6 Å². The van der Waals surface area contributed by atoms with Crippen molar-refractivity contribution in [3.8, 4) is 0 Å². The van der Waals surface area contributed by atoms with Gasteiger partial charge in [0, 0.05) is 25.2 Å². The second-order valence-corrected chi connectivity index (χ2v) is 4.77. The SMILES string of the molecule is c1ccc(Cc2nccnc2Cc2ccccc2)cc1. The first-order chi connectivity index (χ1) is 9.92. The van der Waals surface area contributed by atoms with E-state index >= 15 is 0 Å². The highest BCUT2D eigenvalue weighted by Gasteiger charge is 2.06. The Hall–Kier alpha value is -2.48. The first-order valence-corrected chi connectivity index (χ1v) is 6.78. The van der Waals surface area contributed by atoms with E-state index < -0.39 is 0 Å². The fraction of sp³-hybridized carbons (Fsp3) is 0.111. The third-order valence-corrected chi connectivity index (χ3v) is 3.29. The summed E-state index contributed by atoms with van der Waals surface area (Å²) < 4.78 is 0. The van der Waals surface area contributed by atoms with Crippen LogP contribution in [0.25, 0.3) is 0 Å². The molecular formula is C18H16N2. The zero-order valence-corrected chi connectivity index (χ0v) is 11.2. The van der Waals surface area contributed by atoms with Gasteiger partial charge in [-0.25, -0.2) is 0 Å². The quantitative estimate of drug-likeness (QED) is 0.715. The molecule has 3 rings (SSSR count). The first kappa shape index (κ1) is 12.5. The van der Waals surface area contributed by atoms with Crippen molar-refractivity contribution in [2.45, 2.75) is 12.8 Å². The van der Waals surface area contributed by atoms with E-state index in [1.807, 2.05) is 12.1 Å². The molecule has 2 nitrogen and oxygen atoms in total. The molecule has 0 bridgehead atoms. The van der Waals surface area contributed by atoms with Crippen molar-refractivity contribution in [1.82, 2.24) is 9.97 Å². The van der Waals surface area contributed by atoms with Crippen molar-refractivity contribution in [2.24, 2.45) is 0 Å². The minimum atomic E-state index is 0.830. The molecule has 0 saturated carbocycles. The normalized spacial score (nSPS) is 10.4. The lowest BCUT2D eigenvalue weighted by atomic mass is 10.0. The molecule has 98 valence electrons. The second-order valence-electron chi connectivity index (χ2n) is 4.77. The van der Waals surface area contributed by atoms with Gasteiger partial charge < -0.3 is 0 Å². The molecule has 2 aromatic carbocycles. The molecule has 0 saturated heterocycles. The van der Waals surface area contributed by atoms with Crippen molar-refractivity contribution < 1.29 is 0 Å². The highest BCUT2D eigenvalue weighted by molar-refractivity contribution is 5.28. The van der Waals surface area contributed by atoms with Crippen LogP contribution < -0.4 is 0 Å². The zero-order chi connectivity index (χ0) is 13.6. The van der Waals surface area contributed by atoms with Crippen LogP contribution in [-0.4, -0.2) is 9.97 Å². The van der Waals surface area contributed by atoms with Crippen LogP contribution in [0.2, 0.25) is 0 Å². The molecule has 1 heterocycles. The lowest BCUT2D eigenvalue weighted by molar-refractivity contribution is 0.938. The molecule has 0 amide bonds. The van der Waals surface area contributed by atoms with Gasteiger partial charge in [-0.3, -0.25) is 9.97 Å². The molecule has 0 N–H and O–H groups in total. The topological polar surface area (TPSA) is 25.8 Å². The summed E-state index contributed by atoms with van der Waals surface area (Å²) in [4.78, 5) is 9.02. The monoisotopic (exact) mass is 260 g/mol. The van der Waals surface area contributed by atoms with Crippen LogP contribution >= 0.6 is 0 Å². The molecular weight excluding hydrogens is 244 g/mol. The predicted molar refractivity (Wildman–Crippen MR) is 80.5 cm³/mol. The molecule has 0 spiro atoms. The van der Waals surface area contributed by atoms with E-state index in [0.29, 0.717) is 0 Å². The molecule has 0 aliphatic carbocycles. The van der Waals surface area contributed by atoms with Crippen LogP contribution in [0.4, 0.5) is 0 Å². The van der Waals surface area contributed by atoms with Gasteiger partial charge in [0.2, 0.25) is 0 Å². The predicted octanol–water partition coefficient (Wildman–Crippen LogP) is 3.66. The minimum Gasteiger partial charge on any atom is -0.257 e. The molecule has 1 aromatic heterocycles. The molecule has 0 unspecified atom stereocenters. The minimum absolute atomic E-state index is 0.830. The highest BCUT2D eigenvalue weighted by atomic mass is 14.8. The van der Waals surface area contributed by atoms with Crippen LogP contribution in [0.5, 0.6) is 0 Å². The fourth-order valence-corrected chi connectivity index (χ4v) is 2.27. The largest absolute Gasteiger partial charge is 0.257 e. The maximum atomic E-state index is 4.51. The van der Waals surface area contributed by atoms with Gasteiger partial charge in [0.25, 0.3) is 0 Å². The Morgan fingerprint density at radius 3 is 1.35 bits per heavy atom. The summed E-state index contributed by atoms with van der Waals surface area (Å²) in [5.41, 5.74) is 4.65. The number of benzene rings is 2. The van der Waals surface area contributed by atoms with Gasteiger partial charge in [-0.2, -0.15) is 0 Å². The summed E-state index contributed by atoms with van der Waals surface area (Å²) in [6, 6.07) is 20.8. The molecule has 0 aliphatic rings. The molecule has 0 atom stereocenters. The number of nitrogens with zero attached hydrogens (tertiary/aromatic N) is 2. The van der Waals surface area contributed by atoms with Crippen LogP contribution in [-0.2, 0) is 12.8 Å². The van der Waals surface area contributed by atoms with Crippen LogP contribution in [0.15, 0.2) is 73.1 Å². The number of aromatic nitrogens is 2. The lowest BCUT2D eigenvalue weighted by Crippen LogP contribution is -2.02. The van der Waals surface area contributed by atoms with Gasteiger partial charge in [-0.1, -0.05) is 60.7 Å². The van der Waals surface area contributed by atoms with E-state index in [4.69, 9.17) is 0 Å². The Morgan fingerprint density at radius 2 is 0.950 bits per heavy atom. The first-order valence-electron chi connectivity index (χ1n) is 6.78. The summed E-state index contributed by atoms with van der Waals surface area (Å²) in [7, 11) is 0. The van der Waals surface area contributed by atoms with E-state index in [1.54, 1.807) is 12.4 Å². The lowest BCUT2D eigenvalue weighted by Gasteiger charge is -2.07. The summed E-state index contributed by atoms with van der Waals surface area (Å²) in [6.07, 6.45) is 5.20. The smallest absolute Gasteiger partial charge is 0.0665 e. The van der Waals surface area contributed by atoms with Gasteiger partial charge in [0.1, 0.15) is 0 Å². The van der Waals surface area contributed by atoms with Crippen molar-refractivity contribution in [1.29, 1.82) is 0 Å². The zero-order valence-electron chi connectivity index (χ0n) is 11.2. The Morgan fingerprint density at radius 1 is 0.550 bits per heavy atom. The third kappa shape index (κ3) is 3.09. The molecule has 0 aliphatic heterocycles. The highest BCUT2D eigenvalue weighted by Crippen LogP contribution is 2.13. The van der Waals surface area contributed by atoms with E-state index in [9.17, 15) is 0 Å². The summed E-state index contributed by atoms with van der Waals surface area (Å²) >= 11 is 0.